The number of β-amino-alcohol motifs (C(OH)–C–C–N with tert-alkyl or cyclic N) is 1. The average Bonchev–Trinajstić information content (AvgIpc) is 2.96. The second-order valence-electron chi connectivity index (χ2n) is 5.69. The molecule has 1 aliphatic rings. The van der Waals surface area contributed by atoms with Crippen LogP contribution in [0.4, 0.5) is 18.9 Å². The van der Waals surface area contributed by atoms with Crippen LogP contribution in [-0.4, -0.2) is 22.7 Å². The van der Waals surface area contributed by atoms with Gasteiger partial charge in [0.1, 0.15) is 11.8 Å². The summed E-state index contributed by atoms with van der Waals surface area (Å²) in [6.45, 7) is 0.300. The minimum Gasteiger partial charge on any atom is -0.391 e. The Morgan fingerprint density at radius 1 is 1.25 bits per heavy atom. The fraction of sp³-hybridized carbons (Fsp3) is 0.294. The van der Waals surface area contributed by atoms with Gasteiger partial charge in [0, 0.05) is 6.54 Å². The molecule has 124 valence electrons. The highest BCUT2D eigenvalue weighted by Crippen LogP contribution is 2.38. The van der Waals surface area contributed by atoms with Crippen LogP contribution in [0.3, 0.4) is 0 Å². The molecule has 0 radical (unpaired) electrons. The topological polar surface area (TPSA) is 60.2 Å². The lowest BCUT2D eigenvalue weighted by Gasteiger charge is -2.27. The van der Waals surface area contributed by atoms with E-state index in [0.717, 1.165) is 12.1 Å². The second-order valence-corrected chi connectivity index (χ2v) is 5.69. The Labute approximate surface area is 136 Å². The third kappa shape index (κ3) is 3.19. The summed E-state index contributed by atoms with van der Waals surface area (Å²) in [5, 5.41) is 18.8. The molecule has 1 aromatic carbocycles. The van der Waals surface area contributed by atoms with Crippen molar-refractivity contribution in [2.24, 2.45) is 0 Å². The summed E-state index contributed by atoms with van der Waals surface area (Å²) in [6.07, 6.45) is -3.22. The predicted molar refractivity (Wildman–Crippen MR) is 81.1 cm³/mol. The molecular weight excluding hydrogens is 319 g/mol. The van der Waals surface area contributed by atoms with E-state index in [-0.39, 0.29) is 11.7 Å². The number of anilines is 1. The number of halogens is 3. The normalized spacial score (nSPS) is 20.9. The smallest absolute Gasteiger partial charge is 0.391 e. The van der Waals surface area contributed by atoms with Gasteiger partial charge >= 0.3 is 6.18 Å². The molecule has 1 aliphatic heterocycles. The minimum absolute atomic E-state index is 0.258. The van der Waals surface area contributed by atoms with E-state index in [2.05, 4.69) is 4.98 Å². The average molecular weight is 333 g/mol. The lowest BCUT2D eigenvalue weighted by molar-refractivity contribution is -0.137. The zero-order chi connectivity index (χ0) is 17.3. The molecule has 1 aromatic heterocycles. The summed E-state index contributed by atoms with van der Waals surface area (Å²) in [5.74, 6) is 0. The Kier molecular flexibility index (Phi) is 4.16. The minimum atomic E-state index is -4.41. The number of alkyl halides is 3. The molecule has 0 saturated carbocycles. The van der Waals surface area contributed by atoms with Crippen LogP contribution >= 0.6 is 0 Å². The largest absolute Gasteiger partial charge is 0.416 e. The predicted octanol–water partition coefficient (Wildman–Crippen LogP) is 3.28. The molecule has 0 bridgehead atoms. The first-order chi connectivity index (χ1) is 11.4. The highest BCUT2D eigenvalue weighted by atomic mass is 19.4. The SMILES string of the molecule is N#Cc1ccc(N2CC(O)CC2c2cccc(C(F)(F)F)c2)cn1. The van der Waals surface area contributed by atoms with Gasteiger partial charge < -0.3 is 10.0 Å². The van der Waals surface area contributed by atoms with E-state index >= 15 is 0 Å². The van der Waals surface area contributed by atoms with E-state index in [1.54, 1.807) is 18.2 Å². The Morgan fingerprint density at radius 2 is 2.04 bits per heavy atom. The number of nitriles is 1. The van der Waals surface area contributed by atoms with Gasteiger partial charge in [-0.15, -0.1) is 0 Å². The lowest BCUT2D eigenvalue weighted by Crippen LogP contribution is -2.24. The van der Waals surface area contributed by atoms with E-state index < -0.39 is 17.8 Å². The highest BCUT2D eigenvalue weighted by molar-refractivity contribution is 5.50. The third-order valence-electron chi connectivity index (χ3n) is 4.07. The van der Waals surface area contributed by atoms with E-state index in [9.17, 15) is 18.3 Å². The van der Waals surface area contributed by atoms with Crippen molar-refractivity contribution in [1.29, 1.82) is 5.26 Å². The first-order valence-corrected chi connectivity index (χ1v) is 7.36. The maximum absolute atomic E-state index is 12.9. The quantitative estimate of drug-likeness (QED) is 0.916. The zero-order valence-electron chi connectivity index (χ0n) is 12.5. The molecule has 7 heteroatoms. The number of pyridine rings is 1. The Morgan fingerprint density at radius 3 is 2.67 bits per heavy atom. The highest BCUT2D eigenvalue weighted by Gasteiger charge is 2.35. The van der Waals surface area contributed by atoms with Gasteiger partial charge in [0.05, 0.1) is 29.6 Å². The first kappa shape index (κ1) is 16.3. The molecule has 2 heterocycles. The number of aliphatic hydroxyl groups is 1. The molecule has 24 heavy (non-hydrogen) atoms. The van der Waals surface area contributed by atoms with Crippen LogP contribution in [-0.2, 0) is 6.18 Å². The van der Waals surface area contributed by atoms with Crippen LogP contribution in [0.2, 0.25) is 0 Å². The molecule has 3 rings (SSSR count). The number of aliphatic hydroxyl groups excluding tert-OH is 1. The van der Waals surface area contributed by atoms with Crippen molar-refractivity contribution in [2.45, 2.75) is 24.7 Å². The second kappa shape index (κ2) is 6.13. The number of nitrogens with zero attached hydrogens (tertiary/aromatic N) is 3. The van der Waals surface area contributed by atoms with E-state index in [0.29, 0.717) is 24.2 Å². The molecule has 1 N–H and O–H groups in total. The van der Waals surface area contributed by atoms with Gasteiger partial charge in [-0.05, 0) is 36.2 Å². The third-order valence-corrected chi connectivity index (χ3v) is 4.07. The van der Waals surface area contributed by atoms with Crippen LogP contribution in [0.5, 0.6) is 0 Å². The first-order valence-electron chi connectivity index (χ1n) is 7.36. The van der Waals surface area contributed by atoms with E-state index in [1.165, 1.54) is 12.3 Å². The molecule has 1 saturated heterocycles. The molecule has 2 atom stereocenters. The van der Waals surface area contributed by atoms with Crippen LogP contribution in [0.15, 0.2) is 42.6 Å². The summed E-state index contributed by atoms with van der Waals surface area (Å²) in [5.41, 5.74) is 0.701. The molecule has 1 fully saturated rings. The van der Waals surface area contributed by atoms with Gasteiger partial charge in [-0.2, -0.15) is 18.4 Å². The van der Waals surface area contributed by atoms with E-state index in [4.69, 9.17) is 5.26 Å². The van der Waals surface area contributed by atoms with Crippen molar-refractivity contribution in [2.75, 3.05) is 11.4 Å². The monoisotopic (exact) mass is 333 g/mol. The van der Waals surface area contributed by atoms with Gasteiger partial charge in [0.2, 0.25) is 0 Å². The lowest BCUT2D eigenvalue weighted by atomic mass is 10.0. The summed E-state index contributed by atoms with van der Waals surface area (Å²) in [7, 11) is 0. The van der Waals surface area contributed by atoms with Gasteiger partial charge in [0.25, 0.3) is 0 Å². The number of benzene rings is 1. The molecule has 0 aliphatic carbocycles. The van der Waals surface area contributed by atoms with Crippen molar-refractivity contribution in [3.8, 4) is 6.07 Å². The fourth-order valence-corrected chi connectivity index (χ4v) is 2.96. The molecular formula is C17H14F3N3O. The van der Waals surface area contributed by atoms with Crippen molar-refractivity contribution >= 4 is 5.69 Å². The molecule has 0 spiro atoms. The molecule has 0 amide bonds. The van der Waals surface area contributed by atoms with Crippen molar-refractivity contribution in [3.05, 3.63) is 59.4 Å². The summed E-state index contributed by atoms with van der Waals surface area (Å²) < 4.78 is 38.8. The van der Waals surface area contributed by atoms with Crippen LogP contribution in [0, 0.1) is 11.3 Å². The number of aromatic nitrogens is 1. The maximum atomic E-state index is 12.9. The van der Waals surface area contributed by atoms with Crippen LogP contribution in [0.25, 0.3) is 0 Å². The van der Waals surface area contributed by atoms with Gasteiger partial charge in [-0.3, -0.25) is 0 Å². The Hall–Kier alpha value is -2.59. The summed E-state index contributed by atoms with van der Waals surface area (Å²) in [4.78, 5) is 5.80. The Balaban J connectivity index is 1.95. The zero-order valence-corrected chi connectivity index (χ0v) is 12.5. The van der Waals surface area contributed by atoms with E-state index in [1.807, 2.05) is 11.0 Å². The maximum Gasteiger partial charge on any atom is 0.416 e. The fourth-order valence-electron chi connectivity index (χ4n) is 2.96. The molecule has 4 nitrogen and oxygen atoms in total. The summed E-state index contributed by atoms with van der Waals surface area (Å²) >= 11 is 0. The van der Waals surface area contributed by atoms with Gasteiger partial charge in [0.15, 0.2) is 0 Å². The van der Waals surface area contributed by atoms with Crippen LogP contribution in [0.1, 0.15) is 29.3 Å². The van der Waals surface area contributed by atoms with Gasteiger partial charge in [-0.25, -0.2) is 4.98 Å². The number of hydrogen-bond acceptors (Lipinski definition) is 4. The van der Waals surface area contributed by atoms with Crippen LogP contribution < -0.4 is 4.90 Å². The molecule has 2 aromatic rings. The van der Waals surface area contributed by atoms with Crippen molar-refractivity contribution < 1.29 is 18.3 Å². The number of rotatable bonds is 2. The summed E-state index contributed by atoms with van der Waals surface area (Å²) in [6, 6.07) is 9.92. The number of hydrogen-bond donors (Lipinski definition) is 1. The van der Waals surface area contributed by atoms with Crippen molar-refractivity contribution in [1.82, 2.24) is 4.98 Å². The standard InChI is InChI=1S/C17H14F3N3O/c18-17(19,20)12-3-1-2-11(6-12)16-7-15(24)10-23(16)14-5-4-13(8-21)22-9-14/h1-6,9,15-16,24H,7,10H2. The van der Waals surface area contributed by atoms with Crippen molar-refractivity contribution in [3.63, 3.8) is 0 Å². The Bertz CT molecular complexity index is 768. The molecule has 2 unspecified atom stereocenters. The van der Waals surface area contributed by atoms with Gasteiger partial charge in [-0.1, -0.05) is 12.1 Å².